The lowest BCUT2D eigenvalue weighted by Gasteiger charge is -2.13. The van der Waals surface area contributed by atoms with Crippen molar-refractivity contribution < 1.29 is 12.8 Å². The predicted octanol–water partition coefficient (Wildman–Crippen LogP) is 1.43. The van der Waals surface area contributed by atoms with Gasteiger partial charge in [-0.15, -0.1) is 0 Å². The average Bonchev–Trinajstić information content (AvgIpc) is 2.75. The van der Waals surface area contributed by atoms with Gasteiger partial charge in [0.2, 0.25) is 10.0 Å². The van der Waals surface area contributed by atoms with Crippen LogP contribution < -0.4 is 10.0 Å². The van der Waals surface area contributed by atoms with Crippen LogP contribution in [0, 0.1) is 12.7 Å². The van der Waals surface area contributed by atoms with E-state index in [1.165, 1.54) is 13.0 Å². The SMILES string of the molecule is Cc1cc(S(=O)(=O)NC2CCNC2)c(Cl)cc1F. The number of rotatable bonds is 3. The van der Waals surface area contributed by atoms with E-state index in [0.717, 1.165) is 19.0 Å². The summed E-state index contributed by atoms with van der Waals surface area (Å²) in [6, 6.07) is 2.14. The van der Waals surface area contributed by atoms with Crippen molar-refractivity contribution >= 4 is 21.6 Å². The largest absolute Gasteiger partial charge is 0.315 e. The number of hydrogen-bond acceptors (Lipinski definition) is 3. The van der Waals surface area contributed by atoms with Crippen LogP contribution in [0.5, 0.6) is 0 Å². The Morgan fingerprint density at radius 1 is 1.50 bits per heavy atom. The molecule has 4 nitrogen and oxygen atoms in total. The van der Waals surface area contributed by atoms with E-state index < -0.39 is 15.8 Å². The molecule has 0 radical (unpaired) electrons. The zero-order valence-electron chi connectivity index (χ0n) is 9.83. The minimum Gasteiger partial charge on any atom is -0.315 e. The van der Waals surface area contributed by atoms with Crippen LogP contribution in [0.15, 0.2) is 17.0 Å². The van der Waals surface area contributed by atoms with Crippen LogP contribution in [0.25, 0.3) is 0 Å². The summed E-state index contributed by atoms with van der Waals surface area (Å²) >= 11 is 5.80. The van der Waals surface area contributed by atoms with Gasteiger partial charge in [0.05, 0.1) is 5.02 Å². The molecule has 1 aliphatic heterocycles. The molecule has 1 aromatic rings. The van der Waals surface area contributed by atoms with E-state index in [1.54, 1.807) is 0 Å². The fraction of sp³-hybridized carbons (Fsp3) is 0.455. The van der Waals surface area contributed by atoms with Crippen molar-refractivity contribution in [2.75, 3.05) is 13.1 Å². The highest BCUT2D eigenvalue weighted by Crippen LogP contribution is 2.25. The number of aryl methyl sites for hydroxylation is 1. The Morgan fingerprint density at radius 2 is 2.22 bits per heavy atom. The van der Waals surface area contributed by atoms with Crippen LogP contribution in [0.4, 0.5) is 4.39 Å². The molecule has 1 atom stereocenters. The van der Waals surface area contributed by atoms with Gasteiger partial charge in [-0.1, -0.05) is 11.6 Å². The van der Waals surface area contributed by atoms with Gasteiger partial charge in [0, 0.05) is 12.6 Å². The molecule has 1 heterocycles. The van der Waals surface area contributed by atoms with Crippen molar-refractivity contribution in [3.63, 3.8) is 0 Å². The summed E-state index contributed by atoms with van der Waals surface area (Å²) in [7, 11) is -3.70. The molecule has 0 spiro atoms. The summed E-state index contributed by atoms with van der Waals surface area (Å²) in [5.41, 5.74) is 0.254. The third-order valence-corrected chi connectivity index (χ3v) is 4.87. The molecule has 2 N–H and O–H groups in total. The van der Waals surface area contributed by atoms with E-state index >= 15 is 0 Å². The lowest BCUT2D eigenvalue weighted by atomic mass is 10.2. The Labute approximate surface area is 111 Å². The first kappa shape index (κ1) is 13.7. The second-order valence-electron chi connectivity index (χ2n) is 4.34. The topological polar surface area (TPSA) is 58.2 Å². The molecule has 18 heavy (non-hydrogen) atoms. The zero-order chi connectivity index (χ0) is 13.3. The van der Waals surface area contributed by atoms with Gasteiger partial charge in [0.15, 0.2) is 0 Å². The summed E-state index contributed by atoms with van der Waals surface area (Å²) in [5, 5.41) is 2.96. The molecule has 0 amide bonds. The standard InChI is InChI=1S/C11H14ClFN2O2S/c1-7-4-11(9(12)5-10(7)13)18(16,17)15-8-2-3-14-6-8/h4-5,8,14-15H,2-3,6H2,1H3. The summed E-state index contributed by atoms with van der Waals surface area (Å²) in [4.78, 5) is -0.0741. The fourth-order valence-corrected chi connectivity index (χ4v) is 3.74. The van der Waals surface area contributed by atoms with Gasteiger partial charge in [-0.2, -0.15) is 0 Å². The minimum absolute atomic E-state index is 0.0741. The van der Waals surface area contributed by atoms with Crippen molar-refractivity contribution in [3.05, 3.63) is 28.5 Å². The van der Waals surface area contributed by atoms with E-state index in [2.05, 4.69) is 10.0 Å². The summed E-state index contributed by atoms with van der Waals surface area (Å²) in [5.74, 6) is -0.513. The first-order valence-electron chi connectivity index (χ1n) is 5.59. The molecule has 0 aromatic heterocycles. The third kappa shape index (κ3) is 2.83. The molecule has 1 aliphatic rings. The summed E-state index contributed by atoms with van der Waals surface area (Å²) in [6.45, 7) is 2.88. The first-order chi connectivity index (χ1) is 8.40. The minimum atomic E-state index is -3.70. The highest BCUT2D eigenvalue weighted by atomic mass is 35.5. The molecule has 0 aliphatic carbocycles. The molecule has 1 saturated heterocycles. The number of hydrogen-bond donors (Lipinski definition) is 2. The highest BCUT2D eigenvalue weighted by Gasteiger charge is 2.25. The number of sulfonamides is 1. The number of nitrogens with one attached hydrogen (secondary N) is 2. The third-order valence-electron chi connectivity index (χ3n) is 2.88. The molecule has 1 unspecified atom stereocenters. The quantitative estimate of drug-likeness (QED) is 0.886. The Kier molecular flexibility index (Phi) is 3.91. The van der Waals surface area contributed by atoms with Crippen LogP contribution >= 0.6 is 11.6 Å². The molecular formula is C11H14ClFN2O2S. The zero-order valence-corrected chi connectivity index (χ0v) is 11.4. The second kappa shape index (κ2) is 5.13. The van der Waals surface area contributed by atoms with Crippen molar-refractivity contribution in [2.24, 2.45) is 0 Å². The van der Waals surface area contributed by atoms with Crippen LogP contribution in [-0.4, -0.2) is 27.5 Å². The Hall–Kier alpha value is -0.690. The predicted molar refractivity (Wildman–Crippen MR) is 67.7 cm³/mol. The summed E-state index contributed by atoms with van der Waals surface area (Å²) in [6.07, 6.45) is 0.733. The lowest BCUT2D eigenvalue weighted by Crippen LogP contribution is -2.36. The average molecular weight is 293 g/mol. The van der Waals surface area contributed by atoms with Gasteiger partial charge in [-0.3, -0.25) is 0 Å². The molecule has 0 bridgehead atoms. The molecular weight excluding hydrogens is 279 g/mol. The molecule has 0 saturated carbocycles. The molecule has 100 valence electrons. The maximum Gasteiger partial charge on any atom is 0.242 e. The smallest absolute Gasteiger partial charge is 0.242 e. The van der Waals surface area contributed by atoms with Crippen LogP contribution in [0.3, 0.4) is 0 Å². The van der Waals surface area contributed by atoms with Gasteiger partial charge >= 0.3 is 0 Å². The number of benzene rings is 1. The molecule has 2 rings (SSSR count). The normalized spacial score (nSPS) is 20.3. The van der Waals surface area contributed by atoms with E-state index in [-0.39, 0.29) is 21.5 Å². The van der Waals surface area contributed by atoms with Gasteiger partial charge in [0.1, 0.15) is 10.7 Å². The van der Waals surface area contributed by atoms with Crippen molar-refractivity contribution in [2.45, 2.75) is 24.3 Å². The summed E-state index contributed by atoms with van der Waals surface area (Å²) < 4.78 is 40.1. The van der Waals surface area contributed by atoms with E-state index in [9.17, 15) is 12.8 Å². The maximum atomic E-state index is 13.2. The van der Waals surface area contributed by atoms with Gasteiger partial charge in [0.25, 0.3) is 0 Å². The van der Waals surface area contributed by atoms with Crippen molar-refractivity contribution in [1.82, 2.24) is 10.0 Å². The Balaban J connectivity index is 2.31. The maximum absolute atomic E-state index is 13.2. The van der Waals surface area contributed by atoms with E-state index in [4.69, 9.17) is 11.6 Å². The Morgan fingerprint density at radius 3 is 2.83 bits per heavy atom. The molecule has 7 heteroatoms. The van der Waals surface area contributed by atoms with Gasteiger partial charge in [-0.25, -0.2) is 17.5 Å². The monoisotopic (exact) mass is 292 g/mol. The Bertz CT molecular complexity index is 556. The van der Waals surface area contributed by atoms with E-state index in [0.29, 0.717) is 6.54 Å². The van der Waals surface area contributed by atoms with Crippen LogP contribution in [-0.2, 0) is 10.0 Å². The van der Waals surface area contributed by atoms with Gasteiger partial charge < -0.3 is 5.32 Å². The van der Waals surface area contributed by atoms with Crippen molar-refractivity contribution in [3.8, 4) is 0 Å². The van der Waals surface area contributed by atoms with Gasteiger partial charge in [-0.05, 0) is 37.6 Å². The van der Waals surface area contributed by atoms with Crippen LogP contribution in [0.1, 0.15) is 12.0 Å². The highest BCUT2D eigenvalue weighted by molar-refractivity contribution is 7.89. The molecule has 1 aromatic carbocycles. The number of halogens is 2. The fourth-order valence-electron chi connectivity index (χ4n) is 1.87. The lowest BCUT2D eigenvalue weighted by molar-refractivity contribution is 0.559. The van der Waals surface area contributed by atoms with E-state index in [1.807, 2.05) is 0 Å². The second-order valence-corrected chi connectivity index (χ2v) is 6.43. The van der Waals surface area contributed by atoms with Crippen LogP contribution in [0.2, 0.25) is 5.02 Å². The first-order valence-corrected chi connectivity index (χ1v) is 7.45. The molecule has 1 fully saturated rings. The van der Waals surface area contributed by atoms with Crippen molar-refractivity contribution in [1.29, 1.82) is 0 Å².